The molecule has 8 heteroatoms. The van der Waals surface area contributed by atoms with E-state index in [1.54, 1.807) is 0 Å². The Morgan fingerprint density at radius 2 is 1.00 bits per heavy atom. The molecule has 0 N–H and O–H groups in total. The maximum atomic E-state index is 5.49. The molecule has 0 unspecified atom stereocenters. The van der Waals surface area contributed by atoms with Gasteiger partial charge in [0, 0.05) is 23.3 Å². The van der Waals surface area contributed by atoms with Gasteiger partial charge in [-0.3, -0.25) is 0 Å². The van der Waals surface area contributed by atoms with E-state index in [0.717, 1.165) is 30.8 Å². The molecule has 0 aliphatic rings. The minimum atomic E-state index is 0.707. The van der Waals surface area contributed by atoms with Gasteiger partial charge in [0.2, 0.25) is 0 Å². The Morgan fingerprint density at radius 3 is 1.43 bits per heavy atom. The molecular formula is C22H12N4O2S2. The first-order chi connectivity index (χ1) is 14.8. The topological polar surface area (TPSA) is 77.8 Å². The maximum absolute atomic E-state index is 5.49. The lowest BCUT2D eigenvalue weighted by Gasteiger charge is -1.91. The van der Waals surface area contributed by atoms with Crippen LogP contribution in [0.5, 0.6) is 0 Å². The van der Waals surface area contributed by atoms with Crippen LogP contribution in [0, 0.1) is 0 Å². The SMILES string of the molecule is c1ccc(-c2cc(-c3nc4sc(-c5cc(-c6ccccc6)on5)nc4s3)no2)cc1. The highest BCUT2D eigenvalue weighted by molar-refractivity contribution is 7.29. The lowest BCUT2D eigenvalue weighted by atomic mass is 10.2. The summed E-state index contributed by atoms with van der Waals surface area (Å²) in [6.07, 6.45) is 0. The lowest BCUT2D eigenvalue weighted by molar-refractivity contribution is 0.435. The molecule has 144 valence electrons. The molecule has 0 atom stereocenters. The van der Waals surface area contributed by atoms with Gasteiger partial charge in [0.1, 0.15) is 21.4 Å². The Morgan fingerprint density at radius 1 is 0.567 bits per heavy atom. The van der Waals surface area contributed by atoms with Crippen LogP contribution in [-0.4, -0.2) is 20.3 Å². The van der Waals surface area contributed by atoms with E-state index in [1.807, 2.05) is 72.8 Å². The van der Waals surface area contributed by atoms with Gasteiger partial charge in [0.15, 0.2) is 21.2 Å². The number of rotatable bonds is 4. The fourth-order valence-electron chi connectivity index (χ4n) is 3.09. The smallest absolute Gasteiger partial charge is 0.167 e. The highest BCUT2D eigenvalue weighted by Crippen LogP contribution is 2.37. The van der Waals surface area contributed by atoms with Crippen molar-refractivity contribution < 1.29 is 9.05 Å². The lowest BCUT2D eigenvalue weighted by Crippen LogP contribution is -1.74. The van der Waals surface area contributed by atoms with Crippen molar-refractivity contribution in [2.45, 2.75) is 0 Å². The van der Waals surface area contributed by atoms with Crippen LogP contribution >= 0.6 is 22.7 Å². The number of aromatic nitrogens is 4. The second-order valence-corrected chi connectivity index (χ2v) is 8.49. The first kappa shape index (κ1) is 17.3. The molecule has 0 amide bonds. The molecule has 0 aliphatic carbocycles. The molecule has 6 aromatic rings. The van der Waals surface area contributed by atoms with Gasteiger partial charge in [0.05, 0.1) is 0 Å². The van der Waals surface area contributed by atoms with E-state index in [4.69, 9.17) is 19.0 Å². The largest absolute Gasteiger partial charge is 0.356 e. The molecule has 30 heavy (non-hydrogen) atoms. The van der Waals surface area contributed by atoms with Gasteiger partial charge in [-0.2, -0.15) is 0 Å². The summed E-state index contributed by atoms with van der Waals surface area (Å²) in [5.74, 6) is 1.43. The van der Waals surface area contributed by atoms with E-state index < -0.39 is 0 Å². The average molecular weight is 428 g/mol. The van der Waals surface area contributed by atoms with Gasteiger partial charge in [-0.05, 0) is 0 Å². The fraction of sp³-hybridized carbons (Fsp3) is 0. The van der Waals surface area contributed by atoms with E-state index in [9.17, 15) is 0 Å². The minimum Gasteiger partial charge on any atom is -0.356 e. The molecular weight excluding hydrogens is 416 g/mol. The van der Waals surface area contributed by atoms with E-state index in [-0.39, 0.29) is 0 Å². The summed E-state index contributed by atoms with van der Waals surface area (Å²) in [6.45, 7) is 0. The Kier molecular flexibility index (Phi) is 4.03. The predicted molar refractivity (Wildman–Crippen MR) is 117 cm³/mol. The van der Waals surface area contributed by atoms with Crippen molar-refractivity contribution in [2.24, 2.45) is 0 Å². The molecule has 0 saturated heterocycles. The van der Waals surface area contributed by atoms with Crippen LogP contribution in [0.2, 0.25) is 0 Å². The van der Waals surface area contributed by atoms with Gasteiger partial charge in [-0.15, -0.1) is 0 Å². The number of benzene rings is 2. The second kappa shape index (κ2) is 7.01. The molecule has 0 aliphatic heterocycles. The monoisotopic (exact) mass is 428 g/mol. The van der Waals surface area contributed by atoms with Crippen LogP contribution in [0.3, 0.4) is 0 Å². The van der Waals surface area contributed by atoms with Crippen molar-refractivity contribution in [1.82, 2.24) is 20.3 Å². The van der Waals surface area contributed by atoms with Gasteiger partial charge in [-0.1, -0.05) is 93.7 Å². The molecule has 0 saturated carbocycles. The first-order valence-electron chi connectivity index (χ1n) is 9.16. The molecule has 0 spiro atoms. The number of fused-ring (bicyclic) bond motifs is 1. The van der Waals surface area contributed by atoms with Crippen molar-refractivity contribution in [2.75, 3.05) is 0 Å². The zero-order valence-electron chi connectivity index (χ0n) is 15.4. The molecule has 4 aromatic heterocycles. The summed E-state index contributed by atoms with van der Waals surface area (Å²) in [4.78, 5) is 11.1. The van der Waals surface area contributed by atoms with Crippen LogP contribution in [0.25, 0.3) is 53.7 Å². The highest BCUT2D eigenvalue weighted by atomic mass is 32.1. The Bertz CT molecular complexity index is 1310. The van der Waals surface area contributed by atoms with Gasteiger partial charge >= 0.3 is 0 Å². The Balaban J connectivity index is 1.30. The molecule has 6 nitrogen and oxygen atoms in total. The van der Waals surface area contributed by atoms with E-state index in [0.29, 0.717) is 22.9 Å². The number of hydrogen-bond acceptors (Lipinski definition) is 8. The Hall–Kier alpha value is -3.62. The van der Waals surface area contributed by atoms with Crippen LogP contribution < -0.4 is 0 Å². The molecule has 6 rings (SSSR count). The fourth-order valence-corrected chi connectivity index (χ4v) is 5.04. The third-order valence-corrected chi connectivity index (χ3v) is 6.62. The summed E-state index contributed by atoms with van der Waals surface area (Å²) in [5.41, 5.74) is 3.38. The summed E-state index contributed by atoms with van der Waals surface area (Å²) in [6, 6.07) is 23.6. The standard InChI is InChI=1S/C22H12N4O2S2/c1-3-7-13(8-4-1)17-11-15(25-27-17)19-23-21-22(29-19)24-20(30-21)16-12-18(28-26-16)14-9-5-2-6-10-14/h1-12H. The van der Waals surface area contributed by atoms with Gasteiger partial charge < -0.3 is 9.05 Å². The van der Waals surface area contributed by atoms with Gasteiger partial charge in [0.25, 0.3) is 0 Å². The number of thiazole rings is 2. The second-order valence-electron chi connectivity index (χ2n) is 6.53. The van der Waals surface area contributed by atoms with Crippen molar-refractivity contribution in [1.29, 1.82) is 0 Å². The number of hydrogen-bond donors (Lipinski definition) is 0. The van der Waals surface area contributed by atoms with Gasteiger partial charge in [-0.25, -0.2) is 9.97 Å². The van der Waals surface area contributed by atoms with Crippen molar-refractivity contribution >= 4 is 32.3 Å². The van der Waals surface area contributed by atoms with Crippen molar-refractivity contribution in [3.63, 3.8) is 0 Å². The normalized spacial score (nSPS) is 11.3. The van der Waals surface area contributed by atoms with Crippen molar-refractivity contribution in [3.05, 3.63) is 72.8 Å². The zero-order valence-corrected chi connectivity index (χ0v) is 17.0. The summed E-state index contributed by atoms with van der Waals surface area (Å²) >= 11 is 2.97. The molecule has 0 fully saturated rings. The zero-order chi connectivity index (χ0) is 19.9. The third-order valence-electron chi connectivity index (χ3n) is 4.55. The van der Waals surface area contributed by atoms with E-state index in [1.165, 1.54) is 22.7 Å². The molecule has 4 heterocycles. The summed E-state index contributed by atoms with van der Waals surface area (Å²) in [7, 11) is 0. The molecule has 0 bridgehead atoms. The quantitative estimate of drug-likeness (QED) is 0.323. The van der Waals surface area contributed by atoms with Crippen LogP contribution in [0.1, 0.15) is 0 Å². The number of nitrogens with zero attached hydrogens (tertiary/aromatic N) is 4. The summed E-state index contributed by atoms with van der Waals surface area (Å²) in [5, 5.41) is 9.92. The predicted octanol–water partition coefficient (Wildman–Crippen LogP) is 6.40. The van der Waals surface area contributed by atoms with Crippen LogP contribution in [0.15, 0.2) is 81.8 Å². The van der Waals surface area contributed by atoms with Crippen molar-refractivity contribution in [3.8, 4) is 44.1 Å². The average Bonchev–Trinajstić information content (AvgIpc) is 3.57. The van der Waals surface area contributed by atoms with Crippen LogP contribution in [-0.2, 0) is 0 Å². The third kappa shape index (κ3) is 3.02. The minimum absolute atomic E-state index is 0.707. The van der Waals surface area contributed by atoms with Crippen LogP contribution in [0.4, 0.5) is 0 Å². The maximum Gasteiger partial charge on any atom is 0.167 e. The summed E-state index contributed by atoms with van der Waals surface area (Å²) < 4.78 is 11.0. The van der Waals surface area contributed by atoms with E-state index >= 15 is 0 Å². The first-order valence-corrected chi connectivity index (χ1v) is 10.8. The Labute approximate surface area is 178 Å². The highest BCUT2D eigenvalue weighted by Gasteiger charge is 2.18. The molecule has 0 radical (unpaired) electrons. The van der Waals surface area contributed by atoms with E-state index in [2.05, 4.69) is 10.3 Å². The molecule has 2 aromatic carbocycles.